The van der Waals surface area contributed by atoms with Crippen LogP contribution in [0.4, 0.5) is 5.69 Å². The highest BCUT2D eigenvalue weighted by molar-refractivity contribution is 5.81. The van der Waals surface area contributed by atoms with Crippen molar-refractivity contribution in [3.63, 3.8) is 0 Å². The van der Waals surface area contributed by atoms with Crippen LogP contribution in [0.3, 0.4) is 0 Å². The van der Waals surface area contributed by atoms with Crippen molar-refractivity contribution in [1.82, 2.24) is 5.32 Å². The summed E-state index contributed by atoms with van der Waals surface area (Å²) in [6.45, 7) is 7.57. The van der Waals surface area contributed by atoms with E-state index in [0.717, 1.165) is 30.8 Å². The number of nitrogens with one attached hydrogen (secondary N) is 2. The Hall–Kier alpha value is -1.71. The number of amides is 1. The zero-order valence-electron chi connectivity index (χ0n) is 12.5. The van der Waals surface area contributed by atoms with Crippen molar-refractivity contribution < 1.29 is 9.53 Å². The normalized spacial score (nSPS) is 15.2. The van der Waals surface area contributed by atoms with Crippen LogP contribution >= 0.6 is 0 Å². The molecule has 0 spiro atoms. The van der Waals surface area contributed by atoms with Gasteiger partial charge in [-0.15, -0.1) is 0 Å². The van der Waals surface area contributed by atoms with Crippen LogP contribution in [-0.2, 0) is 11.2 Å². The number of carbonyl (C=O) groups excluding carboxylic acids is 1. The van der Waals surface area contributed by atoms with Gasteiger partial charge in [-0.3, -0.25) is 4.79 Å². The van der Waals surface area contributed by atoms with E-state index in [-0.39, 0.29) is 5.91 Å². The molecular formula is C16H24N2O2. The van der Waals surface area contributed by atoms with E-state index >= 15 is 0 Å². The lowest BCUT2D eigenvalue weighted by atomic mass is 10.0. The van der Waals surface area contributed by atoms with Crippen LogP contribution < -0.4 is 15.4 Å². The Balaban J connectivity index is 2.01. The molecule has 0 aromatic heterocycles. The standard InChI is InChI=1S/C16H24N2O2/c1-11(2)10-18-16(19)12(3)20-14-8-4-6-13-7-5-9-17-15(13)14/h4,6,8,11-12,17H,5,7,9-10H2,1-3H3,(H,18,19). The fourth-order valence-electron chi connectivity index (χ4n) is 2.27. The van der Waals surface area contributed by atoms with Gasteiger partial charge in [-0.25, -0.2) is 0 Å². The number of rotatable bonds is 5. The predicted molar refractivity (Wildman–Crippen MR) is 81.2 cm³/mol. The Morgan fingerprint density at radius 3 is 2.95 bits per heavy atom. The zero-order chi connectivity index (χ0) is 14.5. The smallest absolute Gasteiger partial charge is 0.260 e. The second kappa shape index (κ2) is 6.64. The van der Waals surface area contributed by atoms with Crippen LogP contribution in [0.2, 0.25) is 0 Å². The van der Waals surface area contributed by atoms with Crippen molar-refractivity contribution in [3.8, 4) is 5.75 Å². The second-order valence-electron chi connectivity index (χ2n) is 5.72. The van der Waals surface area contributed by atoms with E-state index in [1.165, 1.54) is 5.56 Å². The van der Waals surface area contributed by atoms with Crippen molar-refractivity contribution in [2.24, 2.45) is 5.92 Å². The van der Waals surface area contributed by atoms with Crippen LogP contribution in [0, 0.1) is 5.92 Å². The lowest BCUT2D eigenvalue weighted by molar-refractivity contribution is -0.127. The van der Waals surface area contributed by atoms with Crippen LogP contribution in [-0.4, -0.2) is 25.1 Å². The van der Waals surface area contributed by atoms with Crippen molar-refractivity contribution >= 4 is 11.6 Å². The Kier molecular flexibility index (Phi) is 4.88. The summed E-state index contributed by atoms with van der Waals surface area (Å²) in [6.07, 6.45) is 1.72. The van der Waals surface area contributed by atoms with Gasteiger partial charge in [0, 0.05) is 13.1 Å². The monoisotopic (exact) mass is 276 g/mol. The van der Waals surface area contributed by atoms with E-state index in [9.17, 15) is 4.79 Å². The van der Waals surface area contributed by atoms with Crippen LogP contribution in [0.5, 0.6) is 5.75 Å². The molecule has 1 aromatic carbocycles. The van der Waals surface area contributed by atoms with Gasteiger partial charge in [-0.2, -0.15) is 0 Å². The predicted octanol–water partition coefficient (Wildman–Crippen LogP) is 2.58. The minimum Gasteiger partial charge on any atom is -0.479 e. The fourth-order valence-corrected chi connectivity index (χ4v) is 2.27. The molecule has 110 valence electrons. The second-order valence-corrected chi connectivity index (χ2v) is 5.72. The van der Waals surface area contributed by atoms with E-state index in [1.807, 2.05) is 12.1 Å². The van der Waals surface area contributed by atoms with Gasteiger partial charge < -0.3 is 15.4 Å². The first-order valence-corrected chi connectivity index (χ1v) is 7.38. The number of hydrogen-bond donors (Lipinski definition) is 2. The average Bonchev–Trinajstić information content (AvgIpc) is 2.45. The summed E-state index contributed by atoms with van der Waals surface area (Å²) in [5.41, 5.74) is 2.31. The zero-order valence-corrected chi connectivity index (χ0v) is 12.5. The molecule has 4 heteroatoms. The molecule has 0 fully saturated rings. The van der Waals surface area contributed by atoms with Gasteiger partial charge in [0.2, 0.25) is 0 Å². The number of ether oxygens (including phenoxy) is 1. The number of hydrogen-bond acceptors (Lipinski definition) is 3. The number of aryl methyl sites for hydroxylation is 1. The maximum atomic E-state index is 12.0. The molecule has 2 rings (SSSR count). The minimum absolute atomic E-state index is 0.0629. The van der Waals surface area contributed by atoms with E-state index < -0.39 is 6.10 Å². The van der Waals surface area contributed by atoms with Gasteiger partial charge in [0.1, 0.15) is 5.75 Å². The summed E-state index contributed by atoms with van der Waals surface area (Å²) in [5, 5.41) is 6.27. The molecule has 1 heterocycles. The Morgan fingerprint density at radius 1 is 1.40 bits per heavy atom. The van der Waals surface area contributed by atoms with Crippen molar-refractivity contribution in [2.45, 2.75) is 39.7 Å². The van der Waals surface area contributed by atoms with Crippen LogP contribution in [0.25, 0.3) is 0 Å². The molecule has 0 saturated carbocycles. The first-order valence-electron chi connectivity index (χ1n) is 7.38. The molecule has 1 aromatic rings. The topological polar surface area (TPSA) is 50.4 Å². The number of benzene rings is 1. The third-order valence-electron chi connectivity index (χ3n) is 3.39. The van der Waals surface area contributed by atoms with E-state index in [0.29, 0.717) is 12.5 Å². The number of fused-ring (bicyclic) bond motifs is 1. The first kappa shape index (κ1) is 14.7. The third-order valence-corrected chi connectivity index (χ3v) is 3.39. The molecule has 0 saturated heterocycles. The molecule has 2 N–H and O–H groups in total. The molecule has 0 aliphatic carbocycles. The average molecular weight is 276 g/mol. The summed E-state index contributed by atoms with van der Waals surface area (Å²) >= 11 is 0. The van der Waals surface area contributed by atoms with Gasteiger partial charge in [0.15, 0.2) is 6.10 Å². The van der Waals surface area contributed by atoms with Crippen molar-refractivity contribution in [3.05, 3.63) is 23.8 Å². The Bertz CT molecular complexity index is 472. The van der Waals surface area contributed by atoms with Gasteiger partial charge in [0.05, 0.1) is 5.69 Å². The van der Waals surface area contributed by atoms with Crippen molar-refractivity contribution in [1.29, 1.82) is 0 Å². The molecule has 0 bridgehead atoms. The number of anilines is 1. The van der Waals surface area contributed by atoms with Crippen LogP contribution in [0.1, 0.15) is 32.8 Å². The molecule has 1 unspecified atom stereocenters. The summed E-state index contributed by atoms with van der Waals surface area (Å²) in [4.78, 5) is 12.0. The lowest BCUT2D eigenvalue weighted by Gasteiger charge is -2.23. The molecule has 1 aliphatic rings. The Labute approximate surface area is 120 Å². The summed E-state index contributed by atoms with van der Waals surface area (Å²) in [5.74, 6) is 1.15. The maximum Gasteiger partial charge on any atom is 0.260 e. The molecule has 20 heavy (non-hydrogen) atoms. The molecule has 1 aliphatic heterocycles. The molecular weight excluding hydrogens is 252 g/mol. The van der Waals surface area contributed by atoms with Gasteiger partial charge in [0.25, 0.3) is 5.91 Å². The van der Waals surface area contributed by atoms with Gasteiger partial charge in [-0.1, -0.05) is 26.0 Å². The number of para-hydroxylation sites is 1. The SMILES string of the molecule is CC(C)CNC(=O)C(C)Oc1cccc2c1NCCC2. The van der Waals surface area contributed by atoms with Gasteiger partial charge >= 0.3 is 0 Å². The highest BCUT2D eigenvalue weighted by Gasteiger charge is 2.19. The van der Waals surface area contributed by atoms with E-state index in [1.54, 1.807) is 6.92 Å². The van der Waals surface area contributed by atoms with Crippen molar-refractivity contribution in [2.75, 3.05) is 18.4 Å². The lowest BCUT2D eigenvalue weighted by Crippen LogP contribution is -2.38. The summed E-state index contributed by atoms with van der Waals surface area (Å²) < 4.78 is 5.83. The quantitative estimate of drug-likeness (QED) is 0.869. The number of carbonyl (C=O) groups is 1. The van der Waals surface area contributed by atoms with Gasteiger partial charge in [-0.05, 0) is 37.3 Å². The minimum atomic E-state index is -0.482. The first-order chi connectivity index (χ1) is 9.58. The summed E-state index contributed by atoms with van der Waals surface area (Å²) in [6, 6.07) is 6.02. The molecule has 0 radical (unpaired) electrons. The van der Waals surface area contributed by atoms with E-state index in [4.69, 9.17) is 4.74 Å². The molecule has 1 amide bonds. The van der Waals surface area contributed by atoms with E-state index in [2.05, 4.69) is 30.5 Å². The molecule has 1 atom stereocenters. The highest BCUT2D eigenvalue weighted by atomic mass is 16.5. The Morgan fingerprint density at radius 2 is 2.20 bits per heavy atom. The fraction of sp³-hybridized carbons (Fsp3) is 0.562. The van der Waals surface area contributed by atoms with Crippen LogP contribution in [0.15, 0.2) is 18.2 Å². The third kappa shape index (κ3) is 3.65. The molecule has 4 nitrogen and oxygen atoms in total. The largest absolute Gasteiger partial charge is 0.479 e. The summed E-state index contributed by atoms with van der Waals surface area (Å²) in [7, 11) is 0. The maximum absolute atomic E-state index is 12.0. The highest BCUT2D eigenvalue weighted by Crippen LogP contribution is 2.32.